The number of halogens is 3. The third-order valence-corrected chi connectivity index (χ3v) is 3.34. The van der Waals surface area contributed by atoms with Crippen molar-refractivity contribution in [2.75, 3.05) is 0 Å². The summed E-state index contributed by atoms with van der Waals surface area (Å²) in [5.74, 6) is -0.812. The van der Waals surface area contributed by atoms with Gasteiger partial charge in [-0.25, -0.2) is 0 Å². The lowest BCUT2D eigenvalue weighted by atomic mass is 10.2. The number of thiazole rings is 1. The predicted octanol–water partition coefficient (Wildman–Crippen LogP) is 1.09. The molecule has 0 saturated heterocycles. The van der Waals surface area contributed by atoms with E-state index in [4.69, 9.17) is 0 Å². The van der Waals surface area contributed by atoms with Crippen molar-refractivity contribution >= 4 is 17.2 Å². The molecule has 0 aliphatic heterocycles. The molecule has 0 radical (unpaired) electrons. The van der Waals surface area contributed by atoms with Gasteiger partial charge in [0.2, 0.25) is 0 Å². The van der Waals surface area contributed by atoms with Crippen LogP contribution in [0, 0.1) is 0 Å². The predicted molar refractivity (Wildman–Crippen MR) is 72.9 cm³/mol. The van der Waals surface area contributed by atoms with Crippen LogP contribution in [-0.4, -0.2) is 21.6 Å². The summed E-state index contributed by atoms with van der Waals surface area (Å²) >= 11 is 0.911. The molecular weight excluding hydrogens is 323 g/mol. The summed E-state index contributed by atoms with van der Waals surface area (Å²) in [6.45, 7) is -1.50. The number of carbonyl (C=O) groups is 1. The number of alkyl halides is 3. The molecule has 2 heterocycles. The highest BCUT2D eigenvalue weighted by atomic mass is 32.1. The Balaban J connectivity index is 2.14. The quantitative estimate of drug-likeness (QED) is 0.878. The van der Waals surface area contributed by atoms with E-state index in [9.17, 15) is 27.6 Å². The van der Waals surface area contributed by atoms with Crippen molar-refractivity contribution in [2.24, 2.45) is 0 Å². The van der Waals surface area contributed by atoms with Gasteiger partial charge in [0.25, 0.3) is 11.5 Å². The zero-order valence-electron chi connectivity index (χ0n) is 10.9. The highest BCUT2D eigenvalue weighted by Gasteiger charge is 2.29. The molecule has 0 unspecified atom stereocenters. The maximum absolute atomic E-state index is 12.3. The zero-order chi connectivity index (χ0) is 16.3. The normalized spacial score (nSPS) is 11.4. The SMILES string of the molecule is O=C(NCc1csc(=O)[nH]1)c1cccn(CC(F)(F)F)c1=O. The fourth-order valence-corrected chi connectivity index (χ4v) is 2.28. The smallest absolute Gasteiger partial charge is 0.346 e. The van der Waals surface area contributed by atoms with Crippen LogP contribution in [0.25, 0.3) is 0 Å². The number of pyridine rings is 1. The second-order valence-electron chi connectivity index (χ2n) is 4.33. The van der Waals surface area contributed by atoms with E-state index in [0.717, 1.165) is 23.6 Å². The Hall–Kier alpha value is -2.36. The van der Waals surface area contributed by atoms with Gasteiger partial charge in [0.15, 0.2) is 0 Å². The Labute approximate surface area is 125 Å². The molecule has 0 saturated carbocycles. The fraction of sp³-hybridized carbons (Fsp3) is 0.250. The van der Waals surface area contributed by atoms with E-state index in [1.807, 2.05) is 0 Å². The van der Waals surface area contributed by atoms with Crippen molar-refractivity contribution in [3.8, 4) is 0 Å². The number of carbonyl (C=O) groups excluding carboxylic acids is 1. The summed E-state index contributed by atoms with van der Waals surface area (Å²) in [7, 11) is 0. The van der Waals surface area contributed by atoms with E-state index in [-0.39, 0.29) is 11.4 Å². The molecule has 6 nitrogen and oxygen atoms in total. The van der Waals surface area contributed by atoms with Crippen molar-refractivity contribution in [3.63, 3.8) is 0 Å². The van der Waals surface area contributed by atoms with E-state index in [2.05, 4.69) is 10.3 Å². The van der Waals surface area contributed by atoms with Gasteiger partial charge in [-0.2, -0.15) is 13.2 Å². The summed E-state index contributed by atoms with van der Waals surface area (Å²) in [6.07, 6.45) is -3.60. The number of H-pyrrole nitrogens is 1. The van der Waals surface area contributed by atoms with E-state index >= 15 is 0 Å². The molecule has 0 aliphatic carbocycles. The highest BCUT2D eigenvalue weighted by Crippen LogP contribution is 2.16. The first kappa shape index (κ1) is 16.0. The maximum atomic E-state index is 12.3. The van der Waals surface area contributed by atoms with Crippen LogP contribution < -0.4 is 15.7 Å². The van der Waals surface area contributed by atoms with Gasteiger partial charge >= 0.3 is 11.0 Å². The topological polar surface area (TPSA) is 84.0 Å². The molecule has 2 rings (SSSR count). The Bertz CT molecular complexity index is 791. The summed E-state index contributed by atoms with van der Waals surface area (Å²) in [5, 5.41) is 3.86. The summed E-state index contributed by atoms with van der Waals surface area (Å²) in [5.41, 5.74) is -0.990. The number of aromatic nitrogens is 2. The van der Waals surface area contributed by atoms with Crippen LogP contribution in [0.15, 0.2) is 33.3 Å². The second-order valence-corrected chi connectivity index (χ2v) is 5.17. The van der Waals surface area contributed by atoms with Crippen molar-refractivity contribution < 1.29 is 18.0 Å². The van der Waals surface area contributed by atoms with Gasteiger partial charge in [0.1, 0.15) is 12.1 Å². The molecule has 118 valence electrons. The van der Waals surface area contributed by atoms with Gasteiger partial charge in [-0.15, -0.1) is 0 Å². The molecule has 2 aromatic heterocycles. The average molecular weight is 333 g/mol. The first-order valence-corrected chi connectivity index (χ1v) is 6.85. The highest BCUT2D eigenvalue weighted by molar-refractivity contribution is 7.07. The molecule has 0 spiro atoms. The van der Waals surface area contributed by atoms with Gasteiger partial charge in [-0.1, -0.05) is 11.3 Å². The van der Waals surface area contributed by atoms with Crippen molar-refractivity contribution in [2.45, 2.75) is 19.3 Å². The standard InChI is InChI=1S/C12H10F3N3O3S/c13-12(14,15)6-18-3-1-2-8(10(18)20)9(19)16-4-7-5-22-11(21)17-7/h1-3,5H,4,6H2,(H,16,19)(H,17,21). The van der Waals surface area contributed by atoms with Crippen LogP contribution >= 0.6 is 11.3 Å². The number of rotatable bonds is 4. The van der Waals surface area contributed by atoms with Crippen LogP contribution in [0.4, 0.5) is 13.2 Å². The fourth-order valence-electron chi connectivity index (χ4n) is 1.70. The number of hydrogen-bond acceptors (Lipinski definition) is 4. The first-order chi connectivity index (χ1) is 10.3. The Morgan fingerprint density at radius 1 is 1.36 bits per heavy atom. The van der Waals surface area contributed by atoms with E-state index in [1.54, 1.807) is 0 Å². The largest absolute Gasteiger partial charge is 0.406 e. The third kappa shape index (κ3) is 4.07. The number of nitrogens with one attached hydrogen (secondary N) is 2. The molecular formula is C12H10F3N3O3S. The number of amides is 1. The molecule has 2 N–H and O–H groups in total. The second kappa shape index (κ2) is 6.18. The molecule has 0 bridgehead atoms. The first-order valence-electron chi connectivity index (χ1n) is 5.97. The van der Waals surface area contributed by atoms with Crippen LogP contribution in [0.3, 0.4) is 0 Å². The lowest BCUT2D eigenvalue weighted by molar-refractivity contribution is -0.141. The molecule has 10 heteroatoms. The molecule has 2 aromatic rings. The van der Waals surface area contributed by atoms with Crippen molar-refractivity contribution in [1.29, 1.82) is 0 Å². The zero-order valence-corrected chi connectivity index (χ0v) is 11.8. The van der Waals surface area contributed by atoms with Gasteiger partial charge in [-0.3, -0.25) is 14.4 Å². The summed E-state index contributed by atoms with van der Waals surface area (Å²) < 4.78 is 37.4. The monoisotopic (exact) mass is 333 g/mol. The average Bonchev–Trinajstić information content (AvgIpc) is 2.83. The van der Waals surface area contributed by atoms with Crippen LogP contribution in [0.5, 0.6) is 0 Å². The Kier molecular flexibility index (Phi) is 4.50. The van der Waals surface area contributed by atoms with Crippen LogP contribution in [0.2, 0.25) is 0 Å². The van der Waals surface area contributed by atoms with E-state index in [0.29, 0.717) is 10.3 Å². The maximum Gasteiger partial charge on any atom is 0.406 e. The summed E-state index contributed by atoms with van der Waals surface area (Å²) in [6, 6.07) is 2.33. The van der Waals surface area contributed by atoms with Gasteiger partial charge < -0.3 is 14.9 Å². The Morgan fingerprint density at radius 3 is 2.68 bits per heavy atom. The van der Waals surface area contributed by atoms with Gasteiger partial charge in [-0.05, 0) is 12.1 Å². The molecule has 0 aliphatic rings. The molecule has 22 heavy (non-hydrogen) atoms. The lowest BCUT2D eigenvalue weighted by Gasteiger charge is -2.10. The Morgan fingerprint density at radius 2 is 2.09 bits per heavy atom. The number of hydrogen-bond donors (Lipinski definition) is 2. The minimum absolute atomic E-state index is 0.0365. The lowest BCUT2D eigenvalue weighted by Crippen LogP contribution is -2.35. The summed E-state index contributed by atoms with van der Waals surface area (Å²) in [4.78, 5) is 36.8. The third-order valence-electron chi connectivity index (χ3n) is 2.62. The molecule has 0 aromatic carbocycles. The van der Waals surface area contributed by atoms with E-state index < -0.39 is 29.8 Å². The van der Waals surface area contributed by atoms with Gasteiger partial charge in [0.05, 0.1) is 6.54 Å². The van der Waals surface area contributed by atoms with Crippen LogP contribution in [-0.2, 0) is 13.1 Å². The molecule has 0 atom stereocenters. The molecule has 1 amide bonds. The molecule has 0 fully saturated rings. The van der Waals surface area contributed by atoms with Crippen molar-refractivity contribution in [1.82, 2.24) is 14.9 Å². The minimum Gasteiger partial charge on any atom is -0.346 e. The van der Waals surface area contributed by atoms with Crippen molar-refractivity contribution in [3.05, 3.63) is 55.0 Å². The van der Waals surface area contributed by atoms with Crippen LogP contribution in [0.1, 0.15) is 16.1 Å². The number of nitrogens with zero attached hydrogens (tertiary/aromatic N) is 1. The minimum atomic E-state index is -4.56. The van der Waals surface area contributed by atoms with E-state index in [1.165, 1.54) is 11.4 Å². The van der Waals surface area contributed by atoms with Gasteiger partial charge in [0, 0.05) is 17.3 Å². The number of aromatic amines is 1.